The van der Waals surface area contributed by atoms with E-state index in [1.54, 1.807) is 86.0 Å². The highest BCUT2D eigenvalue weighted by atomic mass is 16.5. The molecule has 0 aromatic heterocycles. The normalized spacial score (nSPS) is 13.9. The van der Waals surface area contributed by atoms with E-state index >= 15 is 0 Å². The Kier molecular flexibility index (Phi) is 11.9. The monoisotopic (exact) mass is 560 g/mol. The number of phenolic OH excluding ortho intramolecular Hbond substituents is 2. The molecule has 0 saturated carbocycles. The molecule has 4 N–H and O–H groups in total. The summed E-state index contributed by atoms with van der Waals surface area (Å²) in [7, 11) is 3.02. The number of para-hydroxylation sites is 2. The second kappa shape index (κ2) is 14.5. The lowest BCUT2D eigenvalue weighted by atomic mass is 9.83. The standard InChI is InChI=1S/C30H44N2O8/c1-29(2,19-39-5)25(27(35)36)31(17-21-11-7-9-13-23(21)33)15-16-32(18-22-12-8-10-14-24(22)34)26(28(37)38)30(3,4)20-40-6/h7-14,25-26,33-34H,15-20H2,1-6H3,(H,35,36)(H,37,38). The third kappa shape index (κ3) is 8.66. The largest absolute Gasteiger partial charge is 0.508 e. The van der Waals surface area contributed by atoms with Gasteiger partial charge < -0.3 is 29.9 Å². The van der Waals surface area contributed by atoms with Crippen molar-refractivity contribution < 1.29 is 39.5 Å². The van der Waals surface area contributed by atoms with Crippen LogP contribution in [0.2, 0.25) is 0 Å². The highest BCUT2D eigenvalue weighted by molar-refractivity contribution is 5.75. The number of hydrogen-bond donors (Lipinski definition) is 4. The van der Waals surface area contributed by atoms with Gasteiger partial charge in [0, 0.05) is 62.4 Å². The molecule has 0 amide bonds. The number of carbonyl (C=O) groups is 2. The van der Waals surface area contributed by atoms with Gasteiger partial charge in [0.2, 0.25) is 0 Å². The van der Waals surface area contributed by atoms with E-state index in [0.29, 0.717) is 11.1 Å². The maximum absolute atomic E-state index is 12.7. The first-order chi connectivity index (χ1) is 18.7. The summed E-state index contributed by atoms with van der Waals surface area (Å²) >= 11 is 0. The van der Waals surface area contributed by atoms with E-state index in [1.807, 2.05) is 0 Å². The minimum atomic E-state index is -1.06. The van der Waals surface area contributed by atoms with Crippen molar-refractivity contribution >= 4 is 11.9 Å². The molecule has 40 heavy (non-hydrogen) atoms. The van der Waals surface area contributed by atoms with Gasteiger partial charge >= 0.3 is 11.9 Å². The van der Waals surface area contributed by atoms with Crippen LogP contribution in [0.3, 0.4) is 0 Å². The van der Waals surface area contributed by atoms with E-state index < -0.39 is 34.9 Å². The van der Waals surface area contributed by atoms with Crippen LogP contribution in [0.15, 0.2) is 48.5 Å². The molecular weight excluding hydrogens is 516 g/mol. The van der Waals surface area contributed by atoms with Gasteiger partial charge in [-0.05, 0) is 12.1 Å². The van der Waals surface area contributed by atoms with Crippen LogP contribution in [0.25, 0.3) is 0 Å². The highest BCUT2D eigenvalue weighted by Gasteiger charge is 2.43. The van der Waals surface area contributed by atoms with Gasteiger partial charge in [-0.3, -0.25) is 19.4 Å². The number of benzene rings is 2. The van der Waals surface area contributed by atoms with Gasteiger partial charge in [-0.25, -0.2) is 0 Å². The zero-order valence-electron chi connectivity index (χ0n) is 24.3. The summed E-state index contributed by atoms with van der Waals surface area (Å²) in [6.45, 7) is 8.06. The van der Waals surface area contributed by atoms with Crippen LogP contribution < -0.4 is 0 Å². The zero-order valence-corrected chi connectivity index (χ0v) is 24.3. The molecule has 2 rings (SSSR count). The Hall–Kier alpha value is -3.18. The topological polar surface area (TPSA) is 140 Å². The SMILES string of the molecule is COCC(C)(C)C(C(=O)O)N(CCN(Cc1ccccc1O)C(C(=O)O)C(C)(C)COC)Cc1ccccc1O. The number of hydrogen-bond acceptors (Lipinski definition) is 8. The molecule has 0 aliphatic heterocycles. The molecule has 10 heteroatoms. The number of phenols is 2. The van der Waals surface area contributed by atoms with Crippen molar-refractivity contribution in [2.24, 2.45) is 10.8 Å². The van der Waals surface area contributed by atoms with E-state index in [9.17, 15) is 30.0 Å². The summed E-state index contributed by atoms with van der Waals surface area (Å²) in [5.41, 5.74) is -0.559. The smallest absolute Gasteiger partial charge is 0.321 e. The van der Waals surface area contributed by atoms with Crippen LogP contribution in [0.1, 0.15) is 38.8 Å². The number of nitrogens with zero attached hydrogens (tertiary/aromatic N) is 2. The van der Waals surface area contributed by atoms with E-state index in [2.05, 4.69) is 0 Å². The molecule has 0 heterocycles. The minimum Gasteiger partial charge on any atom is -0.508 e. The molecule has 0 radical (unpaired) electrons. The van der Waals surface area contributed by atoms with Crippen LogP contribution in [-0.4, -0.2) is 94.8 Å². The number of ether oxygens (including phenoxy) is 2. The zero-order chi connectivity index (χ0) is 30.1. The van der Waals surface area contributed by atoms with Crippen molar-refractivity contribution in [3.63, 3.8) is 0 Å². The Morgan fingerprint density at radius 3 is 1.30 bits per heavy atom. The third-order valence-corrected chi connectivity index (χ3v) is 7.12. The number of carboxylic acids is 2. The lowest BCUT2D eigenvalue weighted by Gasteiger charge is -2.42. The van der Waals surface area contributed by atoms with E-state index in [0.717, 1.165) is 0 Å². The Morgan fingerprint density at radius 1 is 0.700 bits per heavy atom. The summed E-state index contributed by atoms with van der Waals surface area (Å²) in [5, 5.41) is 41.7. The number of methoxy groups -OCH3 is 2. The molecule has 2 aromatic rings. The average Bonchev–Trinajstić information content (AvgIpc) is 2.84. The molecule has 2 unspecified atom stereocenters. The second-order valence-electron chi connectivity index (χ2n) is 11.5. The van der Waals surface area contributed by atoms with Crippen molar-refractivity contribution in [1.29, 1.82) is 0 Å². The summed E-state index contributed by atoms with van der Waals surface area (Å²) in [6, 6.07) is 11.4. The van der Waals surface area contributed by atoms with Crippen molar-refractivity contribution in [3.8, 4) is 11.5 Å². The molecular formula is C30H44N2O8. The van der Waals surface area contributed by atoms with Crippen LogP contribution in [0, 0.1) is 10.8 Å². The molecule has 0 bridgehead atoms. The van der Waals surface area contributed by atoms with E-state index in [4.69, 9.17) is 9.47 Å². The molecule has 0 aliphatic carbocycles. The molecule has 222 valence electrons. The first-order valence-corrected chi connectivity index (χ1v) is 13.2. The molecule has 10 nitrogen and oxygen atoms in total. The van der Waals surface area contributed by atoms with Gasteiger partial charge in [-0.1, -0.05) is 64.1 Å². The van der Waals surface area contributed by atoms with E-state index in [1.165, 1.54) is 14.2 Å². The van der Waals surface area contributed by atoms with Gasteiger partial charge in [-0.2, -0.15) is 0 Å². The number of rotatable bonds is 17. The molecule has 0 aliphatic rings. The predicted octanol–water partition coefficient (Wildman–Crippen LogP) is 3.65. The summed E-state index contributed by atoms with van der Waals surface area (Å²) in [6.07, 6.45) is 0. The van der Waals surface area contributed by atoms with Crippen LogP contribution >= 0.6 is 0 Å². The minimum absolute atomic E-state index is 0.0388. The maximum atomic E-state index is 12.7. The van der Waals surface area contributed by atoms with Crippen molar-refractivity contribution in [2.45, 2.75) is 52.9 Å². The maximum Gasteiger partial charge on any atom is 0.321 e. The van der Waals surface area contributed by atoms with Gasteiger partial charge in [0.25, 0.3) is 0 Å². The Balaban J connectivity index is 2.56. The quantitative estimate of drug-likeness (QED) is 0.227. The molecule has 0 saturated heterocycles. The predicted molar refractivity (Wildman–Crippen MR) is 151 cm³/mol. The Bertz CT molecular complexity index is 1030. The number of carboxylic acid groups (broad SMARTS) is 2. The van der Waals surface area contributed by atoms with Gasteiger partial charge in [-0.15, -0.1) is 0 Å². The second-order valence-corrected chi connectivity index (χ2v) is 11.5. The van der Waals surface area contributed by atoms with Crippen LogP contribution in [0.5, 0.6) is 11.5 Å². The van der Waals surface area contributed by atoms with Crippen molar-refractivity contribution in [3.05, 3.63) is 59.7 Å². The fourth-order valence-electron chi connectivity index (χ4n) is 5.45. The summed E-state index contributed by atoms with van der Waals surface area (Å²) in [5.74, 6) is -2.03. The molecule has 0 fully saturated rings. The van der Waals surface area contributed by atoms with E-state index in [-0.39, 0.29) is 50.9 Å². The third-order valence-electron chi connectivity index (χ3n) is 7.12. The highest BCUT2D eigenvalue weighted by Crippen LogP contribution is 2.32. The summed E-state index contributed by atoms with van der Waals surface area (Å²) in [4.78, 5) is 28.8. The fourth-order valence-corrected chi connectivity index (χ4v) is 5.45. The molecule has 0 spiro atoms. The molecule has 2 aromatic carbocycles. The first-order valence-electron chi connectivity index (χ1n) is 13.2. The summed E-state index contributed by atoms with van der Waals surface area (Å²) < 4.78 is 10.7. The Morgan fingerprint density at radius 2 is 1.02 bits per heavy atom. The van der Waals surface area contributed by atoms with Crippen molar-refractivity contribution in [1.82, 2.24) is 9.80 Å². The van der Waals surface area contributed by atoms with Gasteiger partial charge in [0.15, 0.2) is 0 Å². The van der Waals surface area contributed by atoms with Crippen LogP contribution in [-0.2, 0) is 32.2 Å². The van der Waals surface area contributed by atoms with Crippen molar-refractivity contribution in [2.75, 3.05) is 40.5 Å². The lowest BCUT2D eigenvalue weighted by molar-refractivity contribution is -0.154. The lowest BCUT2D eigenvalue weighted by Crippen LogP contribution is -2.56. The number of aromatic hydroxyl groups is 2. The van der Waals surface area contributed by atoms with Gasteiger partial charge in [0.1, 0.15) is 23.6 Å². The number of aliphatic carboxylic acids is 2. The average molecular weight is 561 g/mol. The Labute approximate surface area is 236 Å². The fraction of sp³-hybridized carbons (Fsp3) is 0.533. The molecule has 2 atom stereocenters. The first kappa shape index (κ1) is 33.0. The van der Waals surface area contributed by atoms with Crippen LogP contribution in [0.4, 0.5) is 0 Å². The van der Waals surface area contributed by atoms with Gasteiger partial charge in [0.05, 0.1) is 13.2 Å².